The molecule has 1 N–H and O–H groups in total. The minimum absolute atomic E-state index is 0.000967. The van der Waals surface area contributed by atoms with E-state index in [4.69, 9.17) is 14.2 Å². The molecular formula is C12H25NO4. The second-order valence-electron chi connectivity index (χ2n) is 3.91. The summed E-state index contributed by atoms with van der Waals surface area (Å²) >= 11 is 0. The number of carbonyl (C=O) groups is 1. The van der Waals surface area contributed by atoms with Gasteiger partial charge in [0.15, 0.2) is 6.29 Å². The van der Waals surface area contributed by atoms with E-state index in [2.05, 4.69) is 5.32 Å². The van der Waals surface area contributed by atoms with Gasteiger partial charge >= 0.3 is 0 Å². The highest BCUT2D eigenvalue weighted by Crippen LogP contribution is 2.01. The predicted molar refractivity (Wildman–Crippen MR) is 65.7 cm³/mol. The van der Waals surface area contributed by atoms with Gasteiger partial charge in [-0.1, -0.05) is 6.92 Å². The van der Waals surface area contributed by atoms with Crippen molar-refractivity contribution in [2.75, 3.05) is 33.5 Å². The third-order valence-electron chi connectivity index (χ3n) is 2.16. The largest absolute Gasteiger partial charge is 0.384 e. The summed E-state index contributed by atoms with van der Waals surface area (Å²) in [6, 6.07) is 0. The quantitative estimate of drug-likeness (QED) is 0.589. The lowest BCUT2D eigenvalue weighted by Crippen LogP contribution is -2.36. The van der Waals surface area contributed by atoms with Crippen LogP contribution < -0.4 is 5.32 Å². The molecule has 0 fully saturated rings. The van der Waals surface area contributed by atoms with Crippen molar-refractivity contribution in [2.24, 2.45) is 5.92 Å². The summed E-state index contributed by atoms with van der Waals surface area (Å²) in [6.07, 6.45) is 0.102. The lowest BCUT2D eigenvalue weighted by molar-refractivity contribution is -0.141. The van der Waals surface area contributed by atoms with E-state index >= 15 is 0 Å². The maximum Gasteiger partial charge on any atom is 0.220 e. The molecule has 1 amide bonds. The fourth-order valence-electron chi connectivity index (χ4n) is 1.47. The first-order chi connectivity index (χ1) is 8.13. The first-order valence-electron chi connectivity index (χ1n) is 6.12. The number of amides is 1. The third-order valence-corrected chi connectivity index (χ3v) is 2.16. The fourth-order valence-corrected chi connectivity index (χ4v) is 1.47. The number of ether oxygens (including phenoxy) is 3. The number of methoxy groups -OCH3 is 1. The van der Waals surface area contributed by atoms with Crippen LogP contribution in [0.5, 0.6) is 0 Å². The van der Waals surface area contributed by atoms with Crippen LogP contribution in [0, 0.1) is 5.92 Å². The highest BCUT2D eigenvalue weighted by atomic mass is 16.7. The molecule has 0 rings (SSSR count). The first-order valence-corrected chi connectivity index (χ1v) is 6.12. The lowest BCUT2D eigenvalue weighted by atomic mass is 10.1. The van der Waals surface area contributed by atoms with Gasteiger partial charge in [-0.3, -0.25) is 4.79 Å². The number of hydrogen-bond acceptors (Lipinski definition) is 4. The van der Waals surface area contributed by atoms with Crippen molar-refractivity contribution in [3.63, 3.8) is 0 Å². The van der Waals surface area contributed by atoms with Crippen LogP contribution in [0.3, 0.4) is 0 Å². The first kappa shape index (κ1) is 16.4. The van der Waals surface area contributed by atoms with Crippen molar-refractivity contribution in [1.29, 1.82) is 0 Å². The average molecular weight is 247 g/mol. The van der Waals surface area contributed by atoms with E-state index in [1.807, 2.05) is 20.8 Å². The van der Waals surface area contributed by atoms with Crippen molar-refractivity contribution >= 4 is 5.91 Å². The number of nitrogens with one attached hydrogen (secondary N) is 1. The number of hydrogen-bond donors (Lipinski definition) is 1. The zero-order chi connectivity index (χ0) is 13.1. The van der Waals surface area contributed by atoms with Gasteiger partial charge in [0.2, 0.25) is 5.91 Å². The zero-order valence-corrected chi connectivity index (χ0v) is 11.3. The van der Waals surface area contributed by atoms with Crippen molar-refractivity contribution in [3.05, 3.63) is 0 Å². The highest BCUT2D eigenvalue weighted by molar-refractivity contribution is 5.76. The minimum Gasteiger partial charge on any atom is -0.384 e. The smallest absolute Gasteiger partial charge is 0.220 e. The van der Waals surface area contributed by atoms with Crippen molar-refractivity contribution in [2.45, 2.75) is 33.5 Å². The van der Waals surface area contributed by atoms with E-state index in [9.17, 15) is 4.79 Å². The lowest BCUT2D eigenvalue weighted by Gasteiger charge is -2.18. The Hall–Kier alpha value is -0.650. The molecule has 0 aromatic rings. The molecular weight excluding hydrogens is 222 g/mol. The molecule has 0 saturated carbocycles. The monoisotopic (exact) mass is 247 g/mol. The van der Waals surface area contributed by atoms with Gasteiger partial charge in [-0.15, -0.1) is 0 Å². The number of carbonyl (C=O) groups excluding carboxylic acids is 1. The Morgan fingerprint density at radius 3 is 2.29 bits per heavy atom. The van der Waals surface area contributed by atoms with Crippen LogP contribution in [0.25, 0.3) is 0 Å². The summed E-state index contributed by atoms with van der Waals surface area (Å²) in [5, 5.41) is 2.80. The summed E-state index contributed by atoms with van der Waals surface area (Å²) in [4.78, 5) is 11.6. The molecule has 5 nitrogen and oxygen atoms in total. The van der Waals surface area contributed by atoms with Gasteiger partial charge in [-0.25, -0.2) is 0 Å². The Kier molecular flexibility index (Phi) is 10.1. The second kappa shape index (κ2) is 10.5. The summed E-state index contributed by atoms with van der Waals surface area (Å²) in [5.74, 6) is 0.219. The van der Waals surface area contributed by atoms with Gasteiger partial charge in [0.25, 0.3) is 0 Å². The minimum atomic E-state index is -0.355. The normalized spacial score (nSPS) is 12.8. The van der Waals surface area contributed by atoms with E-state index in [0.717, 1.165) is 0 Å². The Balaban J connectivity index is 3.78. The van der Waals surface area contributed by atoms with Gasteiger partial charge in [-0.05, 0) is 19.8 Å². The van der Waals surface area contributed by atoms with E-state index in [1.54, 1.807) is 7.11 Å². The van der Waals surface area contributed by atoms with E-state index in [0.29, 0.717) is 32.8 Å². The Labute approximate surface area is 104 Å². The van der Waals surface area contributed by atoms with Crippen LogP contribution in [0.15, 0.2) is 0 Å². The standard InChI is InChI=1S/C12H25NO4/c1-5-16-12(17-6-2)8-13-11(14)7-10(3)9-15-4/h10,12H,5-9H2,1-4H3,(H,13,14). The fraction of sp³-hybridized carbons (Fsp3) is 0.917. The Morgan fingerprint density at radius 1 is 1.24 bits per heavy atom. The van der Waals surface area contributed by atoms with Gasteiger partial charge in [0.1, 0.15) is 0 Å². The van der Waals surface area contributed by atoms with Gasteiger partial charge in [0, 0.05) is 33.4 Å². The van der Waals surface area contributed by atoms with Crippen LogP contribution in [0.2, 0.25) is 0 Å². The number of rotatable bonds is 10. The van der Waals surface area contributed by atoms with E-state index < -0.39 is 0 Å². The molecule has 0 aromatic carbocycles. The van der Waals surface area contributed by atoms with Crippen LogP contribution in [0.4, 0.5) is 0 Å². The molecule has 0 saturated heterocycles. The van der Waals surface area contributed by atoms with Gasteiger partial charge in [-0.2, -0.15) is 0 Å². The van der Waals surface area contributed by atoms with Crippen LogP contribution >= 0.6 is 0 Å². The van der Waals surface area contributed by atoms with Gasteiger partial charge in [0.05, 0.1) is 6.54 Å². The SMILES string of the molecule is CCOC(CNC(=O)CC(C)COC)OCC. The Morgan fingerprint density at radius 2 is 1.82 bits per heavy atom. The van der Waals surface area contributed by atoms with Crippen molar-refractivity contribution in [1.82, 2.24) is 5.32 Å². The zero-order valence-electron chi connectivity index (χ0n) is 11.3. The molecule has 0 aliphatic rings. The van der Waals surface area contributed by atoms with Crippen LogP contribution in [0.1, 0.15) is 27.2 Å². The molecule has 0 aromatic heterocycles. The van der Waals surface area contributed by atoms with Crippen molar-refractivity contribution < 1.29 is 19.0 Å². The van der Waals surface area contributed by atoms with E-state index in [-0.39, 0.29) is 18.1 Å². The maximum absolute atomic E-state index is 11.6. The summed E-state index contributed by atoms with van der Waals surface area (Å²) < 4.78 is 15.6. The third kappa shape index (κ3) is 9.09. The molecule has 1 unspecified atom stereocenters. The topological polar surface area (TPSA) is 56.8 Å². The molecule has 0 aliphatic heterocycles. The van der Waals surface area contributed by atoms with Crippen molar-refractivity contribution in [3.8, 4) is 0 Å². The van der Waals surface area contributed by atoms with Crippen LogP contribution in [-0.4, -0.2) is 45.7 Å². The van der Waals surface area contributed by atoms with E-state index in [1.165, 1.54) is 0 Å². The molecule has 1 atom stereocenters. The maximum atomic E-state index is 11.6. The Bertz CT molecular complexity index is 193. The summed E-state index contributed by atoms with van der Waals surface area (Å²) in [7, 11) is 1.63. The summed E-state index contributed by atoms with van der Waals surface area (Å²) in [6.45, 7) is 7.89. The highest BCUT2D eigenvalue weighted by Gasteiger charge is 2.12. The molecule has 0 aliphatic carbocycles. The molecule has 0 radical (unpaired) electrons. The molecule has 0 bridgehead atoms. The second-order valence-corrected chi connectivity index (χ2v) is 3.91. The average Bonchev–Trinajstić information content (AvgIpc) is 2.27. The molecule has 0 heterocycles. The molecule has 102 valence electrons. The molecule has 0 spiro atoms. The summed E-state index contributed by atoms with van der Waals surface area (Å²) in [5.41, 5.74) is 0. The van der Waals surface area contributed by atoms with Crippen LogP contribution in [-0.2, 0) is 19.0 Å². The molecule has 17 heavy (non-hydrogen) atoms. The molecule has 5 heteroatoms. The predicted octanol–water partition coefficient (Wildman–Crippen LogP) is 1.17. The van der Waals surface area contributed by atoms with Gasteiger partial charge < -0.3 is 19.5 Å².